The van der Waals surface area contributed by atoms with Crippen molar-refractivity contribution in [3.05, 3.63) is 0 Å². The van der Waals surface area contributed by atoms with Gasteiger partial charge >= 0.3 is 7.62 Å². The lowest BCUT2D eigenvalue weighted by atomic mass is 10.4. The zero-order chi connectivity index (χ0) is 6.12. The van der Waals surface area contributed by atoms with E-state index in [0.717, 1.165) is 0 Å². The first-order chi connectivity index (χ1) is 3.33. The van der Waals surface area contributed by atoms with Crippen LogP contribution in [0.2, 0.25) is 0 Å². The molecule has 44 valence electrons. The lowest BCUT2D eigenvalue weighted by molar-refractivity contribution is 0.604. The predicted molar refractivity (Wildman–Crippen MR) is 31.7 cm³/mol. The molecule has 0 aromatic heterocycles. The highest BCUT2D eigenvalue weighted by molar-refractivity contribution is 6.19. The summed E-state index contributed by atoms with van der Waals surface area (Å²) in [5.41, 5.74) is 14.2. The Labute approximate surface area is 44.0 Å². The van der Waals surface area contributed by atoms with Crippen molar-refractivity contribution < 1.29 is 5.02 Å². The summed E-state index contributed by atoms with van der Waals surface area (Å²) in [7, 11) is -0.250. The minimum absolute atomic E-state index is 0.250. The molecule has 0 aromatic rings. The van der Waals surface area contributed by atoms with Gasteiger partial charge in [-0.15, -0.1) is 0 Å². The second-order valence-electron chi connectivity index (χ2n) is 0.760. The average molecular weight is 105 g/mol. The minimum atomic E-state index is -0.250. The molecule has 0 bridgehead atoms. The molecule has 0 fully saturated rings. The summed E-state index contributed by atoms with van der Waals surface area (Å²) in [5.74, 6) is 0. The van der Waals surface area contributed by atoms with E-state index in [1.807, 2.05) is 0 Å². The van der Waals surface area contributed by atoms with Gasteiger partial charge in [-0.05, 0) is 0 Å². The van der Waals surface area contributed by atoms with Gasteiger partial charge in [-0.3, -0.25) is 0 Å². The third-order valence-corrected chi connectivity index (χ3v) is 0.167. The van der Waals surface area contributed by atoms with E-state index in [9.17, 15) is 0 Å². The topological polar surface area (TPSA) is 98.3 Å². The summed E-state index contributed by atoms with van der Waals surface area (Å²) in [6, 6.07) is 0. The number of nitrogens with two attached hydrogens (primary N) is 3. The highest BCUT2D eigenvalue weighted by atomic mass is 16.2. The summed E-state index contributed by atoms with van der Waals surface area (Å²) in [5, 5.41) is 7.35. The smallest absolute Gasteiger partial charge is 0.355 e. The van der Waals surface area contributed by atoms with Gasteiger partial charge in [0.1, 0.15) is 0 Å². The molecular formula is C2H12BN3O. The van der Waals surface area contributed by atoms with E-state index >= 15 is 0 Å². The van der Waals surface area contributed by atoms with Gasteiger partial charge in [-0.25, -0.2) is 0 Å². The fourth-order valence-corrected chi connectivity index (χ4v) is 0. The quantitative estimate of drug-likeness (QED) is 0.269. The van der Waals surface area contributed by atoms with Crippen molar-refractivity contribution >= 4 is 7.62 Å². The maximum Gasteiger partial charge on any atom is 0.355 e. The van der Waals surface area contributed by atoms with Crippen LogP contribution < -0.4 is 17.1 Å². The second-order valence-corrected chi connectivity index (χ2v) is 0.760. The molecule has 7 heavy (non-hydrogen) atoms. The lowest BCUT2D eigenvalue weighted by Gasteiger charge is -1.72. The third-order valence-electron chi connectivity index (χ3n) is 0.167. The van der Waals surface area contributed by atoms with Crippen molar-refractivity contribution in [2.45, 2.75) is 0 Å². The SMILES string of the molecule is NBO.NCCN. The third kappa shape index (κ3) is 110. The van der Waals surface area contributed by atoms with Crippen LogP contribution in [0.25, 0.3) is 0 Å². The Kier molecular flexibility index (Phi) is 24.1. The molecule has 0 saturated heterocycles. The van der Waals surface area contributed by atoms with Crippen molar-refractivity contribution in [1.82, 2.24) is 0 Å². The Morgan fingerprint density at radius 1 is 1.29 bits per heavy atom. The molecule has 0 spiro atoms. The van der Waals surface area contributed by atoms with Crippen molar-refractivity contribution in [2.24, 2.45) is 17.1 Å². The van der Waals surface area contributed by atoms with Gasteiger partial charge in [0.2, 0.25) is 0 Å². The van der Waals surface area contributed by atoms with Crippen LogP contribution in [0, 0.1) is 0 Å². The van der Waals surface area contributed by atoms with Crippen molar-refractivity contribution in [3.63, 3.8) is 0 Å². The molecule has 0 atom stereocenters. The Morgan fingerprint density at radius 3 is 1.43 bits per heavy atom. The number of hydrogen-bond donors (Lipinski definition) is 4. The Hall–Kier alpha value is -0.0951. The van der Waals surface area contributed by atoms with Gasteiger partial charge in [0.15, 0.2) is 0 Å². The van der Waals surface area contributed by atoms with E-state index in [1.54, 1.807) is 0 Å². The van der Waals surface area contributed by atoms with Gasteiger partial charge < -0.3 is 22.1 Å². The largest absolute Gasteiger partial charge is 0.440 e. The molecule has 0 rings (SSSR count). The molecule has 0 aromatic carbocycles. The van der Waals surface area contributed by atoms with Gasteiger partial charge in [-0.2, -0.15) is 0 Å². The fraction of sp³-hybridized carbons (Fsp3) is 1.00. The van der Waals surface area contributed by atoms with Crippen LogP contribution in [0.5, 0.6) is 0 Å². The summed E-state index contributed by atoms with van der Waals surface area (Å²) in [6.45, 7) is 1.19. The zero-order valence-electron chi connectivity index (χ0n) is 4.30. The summed E-state index contributed by atoms with van der Waals surface area (Å²) < 4.78 is 0. The van der Waals surface area contributed by atoms with E-state index in [1.165, 1.54) is 0 Å². The van der Waals surface area contributed by atoms with Gasteiger partial charge in [-0.1, -0.05) is 0 Å². The lowest BCUT2D eigenvalue weighted by Crippen LogP contribution is -2.11. The molecule has 0 radical (unpaired) electrons. The molecule has 0 aliphatic carbocycles. The molecule has 0 unspecified atom stereocenters. The van der Waals surface area contributed by atoms with Crippen LogP contribution in [0.15, 0.2) is 0 Å². The van der Waals surface area contributed by atoms with Crippen molar-refractivity contribution in [1.29, 1.82) is 0 Å². The van der Waals surface area contributed by atoms with Crippen LogP contribution in [0.4, 0.5) is 0 Å². The monoisotopic (exact) mass is 105 g/mol. The number of hydrogen-bond acceptors (Lipinski definition) is 4. The Morgan fingerprint density at radius 2 is 1.43 bits per heavy atom. The average Bonchev–Trinajstić information content (AvgIpc) is 1.69. The van der Waals surface area contributed by atoms with Crippen LogP contribution >= 0.6 is 0 Å². The Bertz CT molecular complexity index is 20.4. The summed E-state index contributed by atoms with van der Waals surface area (Å²) >= 11 is 0. The Balaban J connectivity index is 0. The normalized spacial score (nSPS) is 6.29. The summed E-state index contributed by atoms with van der Waals surface area (Å²) in [6.07, 6.45) is 0. The highest BCUT2D eigenvalue weighted by Crippen LogP contribution is 1.24. The van der Waals surface area contributed by atoms with Gasteiger partial charge in [0, 0.05) is 13.1 Å². The van der Waals surface area contributed by atoms with Gasteiger partial charge in [0.05, 0.1) is 0 Å². The fourth-order valence-electron chi connectivity index (χ4n) is 0. The van der Waals surface area contributed by atoms with E-state index in [2.05, 4.69) is 5.64 Å². The molecule has 0 saturated carbocycles. The molecule has 0 amide bonds. The van der Waals surface area contributed by atoms with Crippen LogP contribution in [0.1, 0.15) is 0 Å². The second kappa shape index (κ2) is 16.8. The van der Waals surface area contributed by atoms with E-state index in [-0.39, 0.29) is 7.62 Å². The molecule has 7 N–H and O–H groups in total. The molecular weight excluding hydrogens is 92.9 g/mol. The first kappa shape index (κ1) is 10.0. The molecule has 0 aliphatic rings. The first-order valence-electron chi connectivity index (χ1n) is 2.04. The standard InChI is InChI=1S/C2H8N2.BH4NO/c3-1-2-4;2-1-3/h1-4H2;1,3H,2H2. The van der Waals surface area contributed by atoms with Crippen LogP contribution in [-0.2, 0) is 0 Å². The molecule has 5 heteroatoms. The van der Waals surface area contributed by atoms with E-state index in [4.69, 9.17) is 16.5 Å². The van der Waals surface area contributed by atoms with Crippen LogP contribution in [0.3, 0.4) is 0 Å². The summed E-state index contributed by atoms with van der Waals surface area (Å²) in [4.78, 5) is 0. The predicted octanol–water partition coefficient (Wildman–Crippen LogP) is -2.89. The maximum atomic E-state index is 7.35. The zero-order valence-corrected chi connectivity index (χ0v) is 4.30. The van der Waals surface area contributed by atoms with E-state index in [0.29, 0.717) is 13.1 Å². The molecule has 0 heterocycles. The number of rotatable bonds is 1. The van der Waals surface area contributed by atoms with Crippen molar-refractivity contribution in [3.8, 4) is 0 Å². The highest BCUT2D eigenvalue weighted by Gasteiger charge is 1.54. The van der Waals surface area contributed by atoms with E-state index < -0.39 is 0 Å². The molecule has 4 nitrogen and oxygen atoms in total. The minimum Gasteiger partial charge on any atom is -0.440 e. The van der Waals surface area contributed by atoms with Gasteiger partial charge in [0.25, 0.3) is 0 Å². The van der Waals surface area contributed by atoms with Crippen molar-refractivity contribution in [2.75, 3.05) is 13.1 Å². The molecule has 0 aliphatic heterocycles. The first-order valence-corrected chi connectivity index (χ1v) is 2.04. The maximum absolute atomic E-state index is 7.35. The van der Waals surface area contributed by atoms with Crippen LogP contribution in [-0.4, -0.2) is 25.7 Å².